The maximum atomic E-state index is 9.07. The van der Waals surface area contributed by atoms with Crippen molar-refractivity contribution in [2.24, 2.45) is 0 Å². The fourth-order valence-corrected chi connectivity index (χ4v) is 7.20. The summed E-state index contributed by atoms with van der Waals surface area (Å²) in [6, 6.07) is 45.8. The molecule has 3 heteroatoms. The largest absolute Gasteiger partial charge is 0.309 e. The molecule has 2 heterocycles. The Morgan fingerprint density at radius 1 is 0.412 bits per heavy atom. The number of nitrogens with zero attached hydrogens (tertiary/aromatic N) is 3. The molecule has 10 aromatic rings. The monoisotopic (exact) mass is 656 g/mol. The lowest BCUT2D eigenvalue weighted by Gasteiger charge is -2.15. The Balaban J connectivity index is 1.16. The van der Waals surface area contributed by atoms with Crippen LogP contribution in [0.1, 0.15) is 9.60 Å². The van der Waals surface area contributed by atoms with Gasteiger partial charge in [0.1, 0.15) is 0 Å². The van der Waals surface area contributed by atoms with E-state index in [1.54, 1.807) is 6.07 Å². The van der Waals surface area contributed by atoms with Crippen LogP contribution in [-0.4, -0.2) is 14.5 Å². The average molecular weight is 657 g/mol. The zero-order chi connectivity index (χ0) is 39.8. The highest BCUT2D eigenvalue weighted by Crippen LogP contribution is 2.39. The molecule has 0 saturated carbocycles. The van der Waals surface area contributed by atoms with E-state index in [2.05, 4.69) is 89.5 Å². The Morgan fingerprint density at radius 2 is 0.980 bits per heavy atom. The van der Waals surface area contributed by atoms with E-state index >= 15 is 0 Å². The highest BCUT2D eigenvalue weighted by Gasteiger charge is 2.17. The van der Waals surface area contributed by atoms with Gasteiger partial charge in [-0.1, -0.05) is 158 Å². The minimum absolute atomic E-state index is 0.0229. The normalized spacial score (nSPS) is 13.5. The van der Waals surface area contributed by atoms with Gasteiger partial charge >= 0.3 is 0 Å². The number of rotatable bonds is 5. The molecule has 0 aliphatic rings. The standard InChI is InChI=1S/C48H31N3/c1-2-14-34(15-3-1)48-49-44(40-22-12-16-32-13-4-5-17-36(32)40)31-45(50-48)41-30-29-37(38-18-6-7-19-39(38)41)33-25-27-35(28-26-33)51-46-23-10-8-20-42(46)43-21-9-11-24-47(43)51/h1-31H/i4D,5D,12D,13D,16D,17D,22D. The SMILES string of the molecule is [2H]c1c([2H])c([2H])c2c(-c3cc(-c4ccc(-c5ccc(-n6c7ccccc7c7ccccc76)cc5)c5ccccc45)nc(-c4ccccc4)n3)c([2H])c([2H])c([2H])c2c1[2H]. The minimum Gasteiger partial charge on any atom is -0.309 e. The van der Waals surface area contributed by atoms with Gasteiger partial charge in [0.2, 0.25) is 0 Å². The summed E-state index contributed by atoms with van der Waals surface area (Å²) in [6.07, 6.45) is 0. The minimum atomic E-state index is -0.504. The molecule has 238 valence electrons. The topological polar surface area (TPSA) is 30.7 Å². The van der Waals surface area contributed by atoms with Crippen LogP contribution in [0, 0.1) is 0 Å². The molecule has 0 saturated heterocycles. The second-order valence-electron chi connectivity index (χ2n) is 12.5. The fraction of sp³-hybridized carbons (Fsp3) is 0. The highest BCUT2D eigenvalue weighted by molar-refractivity contribution is 6.09. The lowest BCUT2D eigenvalue weighted by molar-refractivity contribution is 1.18. The van der Waals surface area contributed by atoms with Gasteiger partial charge in [0.25, 0.3) is 0 Å². The van der Waals surface area contributed by atoms with E-state index in [9.17, 15) is 0 Å². The van der Waals surface area contributed by atoms with Crippen molar-refractivity contribution in [2.75, 3.05) is 0 Å². The molecule has 10 rings (SSSR count). The van der Waals surface area contributed by atoms with Crippen LogP contribution >= 0.6 is 0 Å². The maximum absolute atomic E-state index is 9.07. The summed E-state index contributed by atoms with van der Waals surface area (Å²) in [5.41, 5.74) is 7.71. The smallest absolute Gasteiger partial charge is 0.160 e. The molecule has 3 nitrogen and oxygen atoms in total. The number of fused-ring (bicyclic) bond motifs is 5. The van der Waals surface area contributed by atoms with E-state index in [4.69, 9.17) is 19.6 Å². The van der Waals surface area contributed by atoms with E-state index in [1.165, 1.54) is 10.8 Å². The molecule has 0 aliphatic heterocycles. The molecule has 0 radical (unpaired) electrons. The lowest BCUT2D eigenvalue weighted by Crippen LogP contribution is -1.97. The summed E-state index contributed by atoms with van der Waals surface area (Å²) >= 11 is 0. The summed E-state index contributed by atoms with van der Waals surface area (Å²) in [4.78, 5) is 9.94. The third-order valence-corrected chi connectivity index (χ3v) is 9.54. The van der Waals surface area contributed by atoms with Gasteiger partial charge in [-0.05, 0) is 63.0 Å². The highest BCUT2D eigenvalue weighted by atomic mass is 15.0. The predicted molar refractivity (Wildman–Crippen MR) is 213 cm³/mol. The molecule has 0 spiro atoms. The first-order valence-electron chi connectivity index (χ1n) is 20.3. The van der Waals surface area contributed by atoms with Gasteiger partial charge in [-0.15, -0.1) is 0 Å². The molecule has 0 fully saturated rings. The third kappa shape index (κ3) is 4.90. The second kappa shape index (κ2) is 11.9. The molecular formula is C48H31N3. The first kappa shape index (κ1) is 22.7. The van der Waals surface area contributed by atoms with Gasteiger partial charge < -0.3 is 4.57 Å². The number of hydrogen-bond donors (Lipinski definition) is 0. The molecule has 0 aliphatic carbocycles. The van der Waals surface area contributed by atoms with Crippen molar-refractivity contribution >= 4 is 43.4 Å². The van der Waals surface area contributed by atoms with Crippen LogP contribution < -0.4 is 0 Å². The van der Waals surface area contributed by atoms with E-state index < -0.39 is 36.3 Å². The summed E-state index contributed by atoms with van der Waals surface area (Å²) in [5, 5.41) is 4.19. The Morgan fingerprint density at radius 3 is 1.71 bits per heavy atom. The van der Waals surface area contributed by atoms with Crippen molar-refractivity contribution in [3.05, 3.63) is 188 Å². The molecule has 0 amide bonds. The number of hydrogen-bond acceptors (Lipinski definition) is 2. The molecule has 0 atom stereocenters. The number of aromatic nitrogens is 3. The molecule has 0 bridgehead atoms. The van der Waals surface area contributed by atoms with Crippen molar-refractivity contribution in [1.29, 1.82) is 0 Å². The van der Waals surface area contributed by atoms with Gasteiger partial charge in [0.15, 0.2) is 5.82 Å². The van der Waals surface area contributed by atoms with Crippen LogP contribution in [0.3, 0.4) is 0 Å². The van der Waals surface area contributed by atoms with Crippen LogP contribution in [0.25, 0.3) is 94.1 Å². The molecule has 2 aromatic heterocycles. The first-order valence-corrected chi connectivity index (χ1v) is 16.8. The summed E-state index contributed by atoms with van der Waals surface area (Å²) in [5.74, 6) is 0.344. The number of para-hydroxylation sites is 2. The van der Waals surface area contributed by atoms with Gasteiger partial charge in [-0.25, -0.2) is 9.97 Å². The van der Waals surface area contributed by atoms with E-state index in [-0.39, 0.29) is 28.1 Å². The van der Waals surface area contributed by atoms with Crippen LogP contribution in [0.15, 0.2) is 188 Å². The Bertz CT molecular complexity index is 3240. The van der Waals surface area contributed by atoms with Gasteiger partial charge in [-0.3, -0.25) is 0 Å². The second-order valence-corrected chi connectivity index (χ2v) is 12.5. The summed E-state index contributed by atoms with van der Waals surface area (Å²) in [7, 11) is 0. The van der Waals surface area contributed by atoms with Gasteiger partial charge in [0, 0.05) is 33.2 Å². The Kier molecular flexibility index (Phi) is 5.32. The van der Waals surface area contributed by atoms with E-state index in [1.807, 2.05) is 54.6 Å². The maximum Gasteiger partial charge on any atom is 0.160 e. The van der Waals surface area contributed by atoms with Gasteiger partial charge in [-0.2, -0.15) is 0 Å². The van der Waals surface area contributed by atoms with E-state index in [0.717, 1.165) is 44.2 Å². The van der Waals surface area contributed by atoms with Crippen LogP contribution in [0.4, 0.5) is 0 Å². The van der Waals surface area contributed by atoms with Crippen molar-refractivity contribution in [3.8, 4) is 50.7 Å². The molecule has 51 heavy (non-hydrogen) atoms. The Labute approximate surface area is 305 Å². The zero-order valence-corrected chi connectivity index (χ0v) is 27.2. The van der Waals surface area contributed by atoms with Gasteiger partial charge in [0.05, 0.1) is 32.0 Å². The molecule has 0 N–H and O–H groups in total. The van der Waals surface area contributed by atoms with Crippen LogP contribution in [0.5, 0.6) is 0 Å². The van der Waals surface area contributed by atoms with Crippen LogP contribution in [0.2, 0.25) is 0 Å². The fourth-order valence-electron chi connectivity index (χ4n) is 7.20. The van der Waals surface area contributed by atoms with Crippen molar-refractivity contribution in [3.63, 3.8) is 0 Å². The van der Waals surface area contributed by atoms with Crippen molar-refractivity contribution < 1.29 is 9.60 Å². The zero-order valence-electron chi connectivity index (χ0n) is 34.2. The third-order valence-electron chi connectivity index (χ3n) is 9.54. The van der Waals surface area contributed by atoms with Crippen molar-refractivity contribution in [1.82, 2.24) is 14.5 Å². The molecule has 8 aromatic carbocycles. The molecule has 0 unspecified atom stereocenters. The van der Waals surface area contributed by atoms with Crippen molar-refractivity contribution in [2.45, 2.75) is 0 Å². The first-order chi connectivity index (χ1) is 28.2. The Hall–Kier alpha value is -6.84. The average Bonchev–Trinajstić information content (AvgIpc) is 3.61. The summed E-state index contributed by atoms with van der Waals surface area (Å²) < 4.78 is 63.0. The number of benzene rings is 8. The molecular weight excluding hydrogens is 619 g/mol. The lowest BCUT2D eigenvalue weighted by atomic mass is 9.93. The quantitative estimate of drug-likeness (QED) is 0.185. The van der Waals surface area contributed by atoms with E-state index in [0.29, 0.717) is 17.1 Å². The predicted octanol–water partition coefficient (Wildman–Crippen LogP) is 12.5. The summed E-state index contributed by atoms with van der Waals surface area (Å²) in [6.45, 7) is 0. The van der Waals surface area contributed by atoms with Crippen LogP contribution in [-0.2, 0) is 0 Å².